The molecule has 1 aliphatic rings. The van der Waals surface area contributed by atoms with Gasteiger partial charge in [-0.25, -0.2) is 4.98 Å². The van der Waals surface area contributed by atoms with E-state index >= 15 is 0 Å². The van der Waals surface area contributed by atoms with Gasteiger partial charge in [-0.1, -0.05) is 54.1 Å². The van der Waals surface area contributed by atoms with Gasteiger partial charge in [-0.15, -0.1) is 23.7 Å². The Morgan fingerprint density at radius 2 is 1.93 bits per heavy atom. The maximum Gasteiger partial charge on any atom is 0.273 e. The fraction of sp³-hybridized carbons (Fsp3) is 0.304. The lowest BCUT2D eigenvalue weighted by Gasteiger charge is -2.16. The summed E-state index contributed by atoms with van der Waals surface area (Å²) in [5.74, 6) is 0.570. The van der Waals surface area contributed by atoms with Crippen LogP contribution in [-0.2, 0) is 0 Å². The first-order chi connectivity index (χ1) is 13.6. The summed E-state index contributed by atoms with van der Waals surface area (Å²) in [5.41, 5.74) is 11.3. The predicted molar refractivity (Wildman–Crippen MR) is 122 cm³/mol. The molecular formula is C23H26ClN3OS. The van der Waals surface area contributed by atoms with Gasteiger partial charge >= 0.3 is 0 Å². The number of likely N-dealkylation sites (tertiary alicyclic amines) is 1. The molecule has 0 unspecified atom stereocenters. The maximum absolute atomic E-state index is 13.1. The van der Waals surface area contributed by atoms with E-state index in [2.05, 4.69) is 49.2 Å². The second-order valence-electron chi connectivity index (χ2n) is 7.58. The third-order valence-electron chi connectivity index (χ3n) is 5.59. The van der Waals surface area contributed by atoms with Gasteiger partial charge in [-0.2, -0.15) is 0 Å². The van der Waals surface area contributed by atoms with E-state index in [9.17, 15) is 4.79 Å². The van der Waals surface area contributed by atoms with E-state index in [1.165, 1.54) is 28.0 Å². The van der Waals surface area contributed by atoms with Crippen molar-refractivity contribution in [2.24, 2.45) is 11.7 Å². The lowest BCUT2D eigenvalue weighted by molar-refractivity contribution is 0.0781. The van der Waals surface area contributed by atoms with E-state index < -0.39 is 0 Å². The standard InChI is InChI=1S/C23H25N3OS.ClH/c1-15-8-9-19(16(2)10-15)22-25-21(14-28-22)23(27)26-12-18(11-24)20(13-26)17-6-4-3-5-7-17;/h3-10,14,18,20H,11-13,24H2,1-2H3;1H/t18-,20+;/m1./s1. The van der Waals surface area contributed by atoms with Crippen LogP contribution in [0.3, 0.4) is 0 Å². The van der Waals surface area contributed by atoms with E-state index in [-0.39, 0.29) is 30.2 Å². The monoisotopic (exact) mass is 427 g/mol. The molecule has 0 bridgehead atoms. The maximum atomic E-state index is 13.1. The minimum absolute atomic E-state index is 0. The molecule has 152 valence electrons. The van der Waals surface area contributed by atoms with Crippen molar-refractivity contribution < 1.29 is 4.79 Å². The van der Waals surface area contributed by atoms with Gasteiger partial charge in [0, 0.05) is 30.0 Å². The number of hydrogen-bond acceptors (Lipinski definition) is 4. The molecule has 0 spiro atoms. The second kappa shape index (κ2) is 9.08. The van der Waals surface area contributed by atoms with Crippen LogP contribution in [-0.4, -0.2) is 35.4 Å². The molecule has 3 aromatic rings. The van der Waals surface area contributed by atoms with Gasteiger partial charge < -0.3 is 10.6 Å². The van der Waals surface area contributed by atoms with Gasteiger partial charge in [0.05, 0.1) is 0 Å². The second-order valence-corrected chi connectivity index (χ2v) is 8.44. The summed E-state index contributed by atoms with van der Waals surface area (Å²) in [6.07, 6.45) is 0. The summed E-state index contributed by atoms with van der Waals surface area (Å²) in [5, 5.41) is 2.78. The molecule has 1 saturated heterocycles. The molecule has 1 aromatic heterocycles. The van der Waals surface area contributed by atoms with Crippen molar-refractivity contribution in [3.8, 4) is 10.6 Å². The first kappa shape index (κ1) is 21.5. The average Bonchev–Trinajstić information content (AvgIpc) is 3.35. The number of aryl methyl sites for hydroxylation is 2. The molecule has 2 heterocycles. The lowest BCUT2D eigenvalue weighted by atomic mass is 9.89. The normalized spacial score (nSPS) is 18.5. The van der Waals surface area contributed by atoms with E-state index in [4.69, 9.17) is 5.73 Å². The van der Waals surface area contributed by atoms with Gasteiger partial charge in [-0.3, -0.25) is 4.79 Å². The summed E-state index contributed by atoms with van der Waals surface area (Å²) in [6, 6.07) is 16.7. The van der Waals surface area contributed by atoms with E-state index in [0.717, 1.165) is 10.6 Å². The predicted octanol–water partition coefficient (Wildman–Crippen LogP) is 4.66. The molecular weight excluding hydrogens is 402 g/mol. The van der Waals surface area contributed by atoms with Crippen LogP contribution in [0.1, 0.15) is 33.1 Å². The van der Waals surface area contributed by atoms with Crippen molar-refractivity contribution in [1.82, 2.24) is 9.88 Å². The van der Waals surface area contributed by atoms with Gasteiger partial charge in [0.25, 0.3) is 5.91 Å². The summed E-state index contributed by atoms with van der Waals surface area (Å²) in [4.78, 5) is 19.7. The number of hydrogen-bond donors (Lipinski definition) is 1. The molecule has 2 atom stereocenters. The third-order valence-corrected chi connectivity index (χ3v) is 6.47. The topological polar surface area (TPSA) is 59.2 Å². The number of benzene rings is 2. The number of carbonyl (C=O) groups is 1. The molecule has 4 rings (SSSR count). The van der Waals surface area contributed by atoms with E-state index in [1.54, 1.807) is 0 Å². The van der Waals surface area contributed by atoms with Gasteiger partial charge in [0.1, 0.15) is 10.7 Å². The number of aromatic nitrogens is 1. The molecule has 0 saturated carbocycles. The molecule has 29 heavy (non-hydrogen) atoms. The first-order valence-corrected chi connectivity index (χ1v) is 10.5. The van der Waals surface area contributed by atoms with Crippen molar-refractivity contribution in [2.45, 2.75) is 19.8 Å². The number of thiazole rings is 1. The number of nitrogens with two attached hydrogens (primary N) is 1. The molecule has 1 aliphatic heterocycles. The molecule has 1 amide bonds. The Labute approximate surface area is 182 Å². The largest absolute Gasteiger partial charge is 0.336 e. The minimum atomic E-state index is 0. The van der Waals surface area contributed by atoms with Crippen LogP contribution in [0.15, 0.2) is 53.9 Å². The zero-order valence-electron chi connectivity index (χ0n) is 16.7. The molecule has 6 heteroatoms. The Morgan fingerprint density at radius 1 is 1.17 bits per heavy atom. The SMILES string of the molecule is Cc1ccc(-c2nc(C(=O)N3C[C@@H](CN)[C@H](c4ccccc4)C3)cs2)c(C)c1.Cl. The lowest BCUT2D eigenvalue weighted by Crippen LogP contribution is -2.30. The van der Waals surface area contributed by atoms with Crippen LogP contribution in [0, 0.1) is 19.8 Å². The quantitative estimate of drug-likeness (QED) is 0.658. The number of amides is 1. The van der Waals surface area contributed by atoms with Crippen molar-refractivity contribution in [3.63, 3.8) is 0 Å². The van der Waals surface area contributed by atoms with Gasteiger partial charge in [0.2, 0.25) is 0 Å². The highest BCUT2D eigenvalue weighted by molar-refractivity contribution is 7.13. The zero-order chi connectivity index (χ0) is 19.7. The smallest absolute Gasteiger partial charge is 0.273 e. The Bertz CT molecular complexity index is 989. The van der Waals surface area contributed by atoms with Crippen LogP contribution in [0.5, 0.6) is 0 Å². The van der Waals surface area contributed by atoms with Crippen molar-refractivity contribution in [1.29, 1.82) is 0 Å². The Hall–Kier alpha value is -2.21. The highest BCUT2D eigenvalue weighted by Crippen LogP contribution is 2.34. The minimum Gasteiger partial charge on any atom is -0.336 e. The first-order valence-electron chi connectivity index (χ1n) is 9.64. The highest BCUT2D eigenvalue weighted by atomic mass is 35.5. The Balaban J connectivity index is 0.00000240. The van der Waals surface area contributed by atoms with E-state index in [1.807, 2.05) is 28.5 Å². The molecule has 1 fully saturated rings. The van der Waals surface area contributed by atoms with Crippen LogP contribution < -0.4 is 5.73 Å². The van der Waals surface area contributed by atoms with Crippen LogP contribution >= 0.6 is 23.7 Å². The Morgan fingerprint density at radius 3 is 2.62 bits per heavy atom. The molecule has 2 N–H and O–H groups in total. The van der Waals surface area contributed by atoms with Crippen LogP contribution in [0.4, 0.5) is 0 Å². The summed E-state index contributed by atoms with van der Waals surface area (Å²) >= 11 is 1.53. The van der Waals surface area contributed by atoms with E-state index in [0.29, 0.717) is 25.3 Å². The zero-order valence-corrected chi connectivity index (χ0v) is 18.3. The van der Waals surface area contributed by atoms with Crippen molar-refractivity contribution in [2.75, 3.05) is 19.6 Å². The average molecular weight is 428 g/mol. The fourth-order valence-electron chi connectivity index (χ4n) is 4.07. The number of halogens is 1. The number of carbonyl (C=O) groups excluding carboxylic acids is 1. The van der Waals surface area contributed by atoms with Crippen molar-refractivity contribution >= 4 is 29.7 Å². The third kappa shape index (κ3) is 4.37. The highest BCUT2D eigenvalue weighted by Gasteiger charge is 2.36. The molecule has 4 nitrogen and oxygen atoms in total. The molecule has 0 radical (unpaired) electrons. The van der Waals surface area contributed by atoms with Gasteiger partial charge in [0.15, 0.2) is 0 Å². The number of nitrogens with zero attached hydrogens (tertiary/aromatic N) is 2. The Kier molecular flexibility index (Phi) is 6.73. The summed E-state index contributed by atoms with van der Waals surface area (Å²) < 4.78 is 0. The van der Waals surface area contributed by atoms with Crippen molar-refractivity contribution in [3.05, 3.63) is 76.3 Å². The fourth-order valence-corrected chi connectivity index (χ4v) is 4.95. The van der Waals surface area contributed by atoms with Crippen LogP contribution in [0.25, 0.3) is 10.6 Å². The summed E-state index contributed by atoms with van der Waals surface area (Å²) in [6.45, 7) is 6.13. The number of rotatable bonds is 4. The summed E-state index contributed by atoms with van der Waals surface area (Å²) in [7, 11) is 0. The van der Waals surface area contributed by atoms with Gasteiger partial charge in [-0.05, 0) is 37.4 Å². The molecule has 0 aliphatic carbocycles. The van der Waals surface area contributed by atoms with Crippen LogP contribution in [0.2, 0.25) is 0 Å². The molecule has 2 aromatic carbocycles.